The summed E-state index contributed by atoms with van der Waals surface area (Å²) in [5, 5.41) is 89.3. The van der Waals surface area contributed by atoms with E-state index in [-0.39, 0.29) is 72.5 Å². The summed E-state index contributed by atoms with van der Waals surface area (Å²) in [6.07, 6.45) is 0.525. The highest BCUT2D eigenvalue weighted by molar-refractivity contribution is 6.25. The van der Waals surface area contributed by atoms with Crippen molar-refractivity contribution in [1.29, 1.82) is 0 Å². The van der Waals surface area contributed by atoms with Crippen LogP contribution in [-0.4, -0.2) is 165 Å². The fraction of sp³-hybridized carbons (Fsp3) is 0.458. The number of phenols is 2. The standard InChI is InChI=1S/2C24H30N4O7/c2*1-27(2)13-7-10(8-25)18(29)15-11(13)5-9-6-12-17(28(3)4)20(31)16(23(26)34)22(33)24(12,35)21(32)14(9)19(15)30/h2*7,9,12,17,29-30,33,35H,5-6,8,25H2,1-4H3,(H2,26,34)/t9?,12?,17-,24+;9?,12?,17-,24-/m10/s1. The van der Waals surface area contributed by atoms with Gasteiger partial charge in [-0.1, -0.05) is 0 Å². The second-order valence-electron chi connectivity index (χ2n) is 19.6. The summed E-state index contributed by atoms with van der Waals surface area (Å²) in [7, 11) is 13.4. The average molecular weight is 973 g/mol. The van der Waals surface area contributed by atoms with E-state index in [1.807, 2.05) is 0 Å². The van der Waals surface area contributed by atoms with Gasteiger partial charge >= 0.3 is 0 Å². The van der Waals surface area contributed by atoms with Crippen LogP contribution in [0.4, 0.5) is 11.4 Å². The zero-order valence-electron chi connectivity index (χ0n) is 40.0. The van der Waals surface area contributed by atoms with E-state index in [4.69, 9.17) is 22.9 Å². The number of carbonyl (C=O) groups is 6. The van der Waals surface area contributed by atoms with Crippen molar-refractivity contribution < 1.29 is 69.6 Å². The minimum absolute atomic E-state index is 0.0237. The zero-order valence-corrected chi connectivity index (χ0v) is 40.0. The highest BCUT2D eigenvalue weighted by atomic mass is 16.4. The summed E-state index contributed by atoms with van der Waals surface area (Å²) in [6, 6.07) is 1.20. The number of rotatable bonds is 8. The van der Waals surface area contributed by atoms with Gasteiger partial charge in [0.15, 0.2) is 22.8 Å². The molecular weight excluding hydrogens is 913 g/mol. The highest BCUT2D eigenvalue weighted by Crippen LogP contribution is 2.56. The van der Waals surface area contributed by atoms with E-state index >= 15 is 0 Å². The summed E-state index contributed by atoms with van der Waals surface area (Å²) >= 11 is 0. The number of nitrogens with two attached hydrogens (primary N) is 4. The summed E-state index contributed by atoms with van der Waals surface area (Å²) in [4.78, 5) is 84.4. The number of aliphatic hydroxyl groups excluding tert-OH is 4. The van der Waals surface area contributed by atoms with Crippen molar-refractivity contribution in [2.75, 3.05) is 66.2 Å². The Kier molecular flexibility index (Phi) is 12.8. The Morgan fingerprint density at radius 2 is 0.900 bits per heavy atom. The Bertz CT molecular complexity index is 2650. The fourth-order valence-corrected chi connectivity index (χ4v) is 11.8. The molecule has 376 valence electrons. The molecule has 70 heavy (non-hydrogen) atoms. The molecule has 0 bridgehead atoms. The lowest BCUT2D eigenvalue weighted by Gasteiger charge is -2.50. The van der Waals surface area contributed by atoms with E-state index < -0.39 is 116 Å². The summed E-state index contributed by atoms with van der Waals surface area (Å²) < 4.78 is 0. The highest BCUT2D eigenvalue weighted by Gasteiger charge is 2.66. The van der Waals surface area contributed by atoms with Crippen molar-refractivity contribution in [2.45, 2.75) is 62.1 Å². The van der Waals surface area contributed by atoms with Crippen LogP contribution in [0, 0.1) is 23.7 Å². The Hall–Kier alpha value is -6.82. The quantitative estimate of drug-likeness (QED) is 0.141. The molecule has 8 rings (SSSR count). The lowest BCUT2D eigenvalue weighted by atomic mass is 9.57. The third kappa shape index (κ3) is 7.06. The molecule has 0 spiro atoms. The summed E-state index contributed by atoms with van der Waals surface area (Å²) in [6.45, 7) is -0.0475. The lowest BCUT2D eigenvalue weighted by molar-refractivity contribution is -0.155. The number of fused-ring (bicyclic) bond motifs is 6. The van der Waals surface area contributed by atoms with Crippen molar-refractivity contribution in [1.82, 2.24) is 9.80 Å². The molecule has 22 nitrogen and oxygen atoms in total. The number of nitrogens with zero attached hydrogens (tertiary/aromatic N) is 4. The van der Waals surface area contributed by atoms with E-state index in [9.17, 15) is 69.6 Å². The first-order chi connectivity index (χ1) is 32.6. The number of carbonyl (C=O) groups excluding carboxylic acids is 6. The molecule has 6 aliphatic carbocycles. The van der Waals surface area contributed by atoms with E-state index in [0.29, 0.717) is 33.6 Å². The van der Waals surface area contributed by atoms with Crippen molar-refractivity contribution in [3.8, 4) is 11.5 Å². The van der Waals surface area contributed by atoms with Crippen LogP contribution in [0.1, 0.15) is 46.2 Å². The first kappa shape index (κ1) is 51.0. The van der Waals surface area contributed by atoms with Gasteiger partial charge in [-0.3, -0.25) is 38.6 Å². The van der Waals surface area contributed by atoms with Gasteiger partial charge in [0.25, 0.3) is 11.8 Å². The number of hydrogen-bond acceptors (Lipinski definition) is 20. The van der Waals surface area contributed by atoms with Gasteiger partial charge in [-0.25, -0.2) is 0 Å². The first-order valence-electron chi connectivity index (χ1n) is 22.4. The van der Waals surface area contributed by atoms with Gasteiger partial charge in [-0.15, -0.1) is 0 Å². The second kappa shape index (κ2) is 17.5. The lowest BCUT2D eigenvalue weighted by Crippen LogP contribution is -2.65. The Morgan fingerprint density at radius 1 is 0.586 bits per heavy atom. The maximum Gasteiger partial charge on any atom is 0.255 e. The molecule has 0 saturated heterocycles. The number of ketones is 4. The second-order valence-corrected chi connectivity index (χ2v) is 19.6. The third-order valence-corrected chi connectivity index (χ3v) is 15.0. The predicted molar refractivity (Wildman–Crippen MR) is 253 cm³/mol. The third-order valence-electron chi connectivity index (χ3n) is 15.0. The molecule has 2 aromatic carbocycles. The molecule has 0 aliphatic heterocycles. The minimum atomic E-state index is -2.66. The van der Waals surface area contributed by atoms with Crippen LogP contribution in [0.3, 0.4) is 0 Å². The van der Waals surface area contributed by atoms with Crippen molar-refractivity contribution in [3.05, 3.63) is 79.3 Å². The molecular formula is C48H60N8O14. The van der Waals surface area contributed by atoms with E-state index in [1.165, 1.54) is 9.80 Å². The Morgan fingerprint density at radius 3 is 1.16 bits per heavy atom. The summed E-state index contributed by atoms with van der Waals surface area (Å²) in [5.41, 5.74) is 18.2. The number of anilines is 2. The molecule has 2 aromatic rings. The predicted octanol–water partition coefficient (Wildman–Crippen LogP) is -1.02. The van der Waals surface area contributed by atoms with Crippen LogP contribution < -0.4 is 32.7 Å². The number of benzene rings is 2. The molecule has 4 unspecified atom stereocenters. The topological polar surface area (TPSA) is 381 Å². The number of aromatic hydroxyl groups is 2. The number of aliphatic hydroxyl groups is 6. The largest absolute Gasteiger partial charge is 0.508 e. The molecule has 22 heteroatoms. The van der Waals surface area contributed by atoms with Crippen LogP contribution in [0.15, 0.2) is 45.9 Å². The van der Waals surface area contributed by atoms with E-state index in [0.717, 1.165) is 0 Å². The number of Topliss-reactive ketones (excluding diaryl/α,β-unsaturated/α-hetero) is 4. The molecule has 2 saturated carbocycles. The maximum absolute atomic E-state index is 13.8. The monoisotopic (exact) mass is 972 g/mol. The Balaban J connectivity index is 0.000000206. The summed E-state index contributed by atoms with van der Waals surface area (Å²) in [5.74, 6) is -13.5. The smallest absolute Gasteiger partial charge is 0.255 e. The SMILES string of the molecule is CN(C)c1cc(CN)c(O)c2c1CC1CC3[C@@H](N(C)C)C(=O)C(C(N)=O)=C(O)[C@@]3(O)C(=O)C1=C2O.CN(C)c1cc(CN)c(O)c2c1CC1CC3[C@H](N(C)C)C(=O)C(C(N)=O)=C(O)[C@@]3(O)C(=O)C1=C2O. The van der Waals surface area contributed by atoms with Crippen LogP contribution in [0.5, 0.6) is 11.5 Å². The van der Waals surface area contributed by atoms with E-state index in [2.05, 4.69) is 0 Å². The van der Waals surface area contributed by atoms with E-state index in [1.54, 1.807) is 78.3 Å². The molecule has 2 fully saturated rings. The molecule has 2 amide bonds. The van der Waals surface area contributed by atoms with Crippen LogP contribution in [0.2, 0.25) is 0 Å². The van der Waals surface area contributed by atoms with Crippen molar-refractivity contribution in [2.24, 2.45) is 46.6 Å². The van der Waals surface area contributed by atoms with Crippen LogP contribution in [-0.2, 0) is 54.7 Å². The molecule has 0 radical (unpaired) electrons. The number of hydrogen-bond donors (Lipinski definition) is 12. The normalized spacial score (nSPS) is 28.1. The molecule has 0 aromatic heterocycles. The van der Waals surface area contributed by atoms with Crippen LogP contribution >= 0.6 is 0 Å². The van der Waals surface area contributed by atoms with Crippen LogP contribution in [0.25, 0.3) is 11.5 Å². The number of phenolic OH excluding ortho intramolecular Hbond substituents is 2. The van der Waals surface area contributed by atoms with Gasteiger partial charge in [0.05, 0.1) is 23.2 Å². The average Bonchev–Trinajstić information content (AvgIpc) is 3.26. The molecule has 16 N–H and O–H groups in total. The van der Waals surface area contributed by atoms with Crippen molar-refractivity contribution >= 4 is 57.8 Å². The fourth-order valence-electron chi connectivity index (χ4n) is 11.8. The number of primary amides is 2. The Labute approximate surface area is 402 Å². The molecule has 6 aliphatic rings. The number of amides is 2. The van der Waals surface area contributed by atoms with Gasteiger partial charge in [0, 0.05) is 86.8 Å². The van der Waals surface area contributed by atoms with Gasteiger partial charge in [-0.05, 0) is 89.0 Å². The zero-order chi connectivity index (χ0) is 52.3. The molecule has 8 atom stereocenters. The van der Waals surface area contributed by atoms with Gasteiger partial charge in [0.2, 0.25) is 11.6 Å². The maximum atomic E-state index is 13.8. The van der Waals surface area contributed by atoms with Crippen molar-refractivity contribution in [3.63, 3.8) is 0 Å². The minimum Gasteiger partial charge on any atom is -0.508 e. The van der Waals surface area contributed by atoms with Gasteiger partial charge < -0.3 is 73.6 Å². The number of likely N-dealkylation sites (N-methyl/N-ethyl adjacent to an activating group) is 2. The van der Waals surface area contributed by atoms with Gasteiger partial charge in [0.1, 0.15) is 45.7 Å². The van der Waals surface area contributed by atoms with Gasteiger partial charge in [-0.2, -0.15) is 0 Å². The molecule has 0 heterocycles. The first-order valence-corrected chi connectivity index (χ1v) is 22.4.